The Morgan fingerprint density at radius 1 is 0.963 bits per heavy atom. The Kier molecular flexibility index (Phi) is 4.40. The molecule has 1 aliphatic carbocycles. The van der Waals surface area contributed by atoms with E-state index in [9.17, 15) is 0 Å². The first-order valence-corrected chi connectivity index (χ1v) is 9.27. The van der Waals surface area contributed by atoms with E-state index < -0.39 is 0 Å². The number of para-hydroxylation sites is 2. The number of hydrogen-bond acceptors (Lipinski definition) is 4. The maximum atomic E-state index is 4.83. The Labute approximate surface area is 160 Å². The molecule has 0 aliphatic heterocycles. The molecule has 1 heterocycles. The fourth-order valence-corrected chi connectivity index (χ4v) is 3.33. The summed E-state index contributed by atoms with van der Waals surface area (Å²) in [5.41, 5.74) is 4.24. The number of rotatable bonds is 4. The highest BCUT2D eigenvalue weighted by Gasteiger charge is 2.27. The number of nitrogens with one attached hydrogen (secondary N) is 2. The van der Waals surface area contributed by atoms with Crippen molar-refractivity contribution in [3.63, 3.8) is 0 Å². The summed E-state index contributed by atoms with van der Waals surface area (Å²) in [5, 5.41) is 8.06. The van der Waals surface area contributed by atoms with Gasteiger partial charge in [0.15, 0.2) is 0 Å². The highest BCUT2D eigenvalue weighted by Crippen LogP contribution is 2.31. The summed E-state index contributed by atoms with van der Waals surface area (Å²) >= 11 is 0. The van der Waals surface area contributed by atoms with Crippen molar-refractivity contribution in [2.24, 2.45) is 0 Å². The van der Waals surface area contributed by atoms with E-state index >= 15 is 0 Å². The molecule has 0 spiro atoms. The molecule has 3 aromatic rings. The smallest absolute Gasteiger partial charge is 0.225 e. The fraction of sp³-hybridized carbons (Fsp3) is 0.217. The van der Waals surface area contributed by atoms with Crippen LogP contribution in [0.1, 0.15) is 25.8 Å². The van der Waals surface area contributed by atoms with Gasteiger partial charge in [-0.2, -0.15) is 4.98 Å². The number of fused-ring (bicyclic) bond motifs is 1. The zero-order valence-electron chi connectivity index (χ0n) is 16.0. The van der Waals surface area contributed by atoms with Gasteiger partial charge in [0.05, 0.1) is 11.1 Å². The van der Waals surface area contributed by atoms with E-state index in [0.717, 1.165) is 28.8 Å². The average Bonchev–Trinajstić information content (AvgIpc) is 2.66. The Morgan fingerprint density at radius 2 is 1.74 bits per heavy atom. The number of aromatic nitrogens is 2. The number of benzene rings is 2. The van der Waals surface area contributed by atoms with Crippen molar-refractivity contribution in [3.8, 4) is 0 Å². The van der Waals surface area contributed by atoms with Gasteiger partial charge < -0.3 is 10.6 Å². The van der Waals surface area contributed by atoms with E-state index in [-0.39, 0.29) is 5.54 Å². The molecule has 0 radical (unpaired) electrons. The van der Waals surface area contributed by atoms with Crippen molar-refractivity contribution < 1.29 is 0 Å². The highest BCUT2D eigenvalue weighted by atomic mass is 15.2. The number of nitrogens with zero attached hydrogens (tertiary/aromatic N) is 2. The van der Waals surface area contributed by atoms with Gasteiger partial charge in [-0.05, 0) is 56.5 Å². The molecular weight excluding hydrogens is 332 g/mol. The molecular formula is C23H24N4. The minimum Gasteiger partial charge on any atom is -0.345 e. The van der Waals surface area contributed by atoms with Crippen molar-refractivity contribution in [2.75, 3.05) is 10.6 Å². The molecule has 4 nitrogen and oxygen atoms in total. The van der Waals surface area contributed by atoms with E-state index in [1.165, 1.54) is 11.1 Å². The van der Waals surface area contributed by atoms with Crippen LogP contribution in [0.25, 0.3) is 10.9 Å². The summed E-state index contributed by atoms with van der Waals surface area (Å²) in [4.78, 5) is 9.59. The van der Waals surface area contributed by atoms with Crippen LogP contribution in [0, 0.1) is 6.92 Å². The summed E-state index contributed by atoms with van der Waals surface area (Å²) in [6.07, 6.45) is 7.33. The Hall–Kier alpha value is -3.14. The van der Waals surface area contributed by atoms with Crippen LogP contribution < -0.4 is 10.6 Å². The lowest BCUT2D eigenvalue weighted by atomic mass is 9.86. The second-order valence-electron chi connectivity index (χ2n) is 7.29. The average molecular weight is 356 g/mol. The first-order chi connectivity index (χ1) is 13.0. The molecule has 0 fully saturated rings. The van der Waals surface area contributed by atoms with Gasteiger partial charge in [-0.25, -0.2) is 4.98 Å². The quantitative estimate of drug-likeness (QED) is 0.624. The molecule has 1 aliphatic rings. The van der Waals surface area contributed by atoms with E-state index in [1.54, 1.807) is 0 Å². The third-order valence-electron chi connectivity index (χ3n) is 5.27. The molecule has 4 heteroatoms. The van der Waals surface area contributed by atoms with Gasteiger partial charge in [0.2, 0.25) is 5.95 Å². The second-order valence-corrected chi connectivity index (χ2v) is 7.29. The summed E-state index contributed by atoms with van der Waals surface area (Å²) in [5.74, 6) is 1.45. The Balaban J connectivity index is 1.76. The third-order valence-corrected chi connectivity index (χ3v) is 5.27. The van der Waals surface area contributed by atoms with Crippen molar-refractivity contribution in [2.45, 2.75) is 32.7 Å². The maximum Gasteiger partial charge on any atom is 0.225 e. The summed E-state index contributed by atoms with van der Waals surface area (Å²) in [6, 6.07) is 16.3. The first-order valence-electron chi connectivity index (χ1n) is 9.27. The normalized spacial score (nSPS) is 19.0. The molecule has 1 atom stereocenters. The van der Waals surface area contributed by atoms with Crippen LogP contribution in [0.3, 0.4) is 0 Å². The first kappa shape index (κ1) is 17.3. The van der Waals surface area contributed by atoms with Crippen molar-refractivity contribution >= 4 is 28.4 Å². The Bertz CT molecular complexity index is 1050. The molecule has 0 saturated heterocycles. The molecule has 1 unspecified atom stereocenters. The monoisotopic (exact) mass is 356 g/mol. The highest BCUT2D eigenvalue weighted by molar-refractivity contribution is 5.92. The predicted octanol–water partition coefficient (Wildman–Crippen LogP) is 5.76. The van der Waals surface area contributed by atoms with Gasteiger partial charge in [0, 0.05) is 11.1 Å². The van der Waals surface area contributed by atoms with Crippen molar-refractivity contribution in [1.82, 2.24) is 9.97 Å². The minimum atomic E-state index is -0.183. The zero-order chi connectivity index (χ0) is 18.9. The second kappa shape index (κ2) is 6.88. The molecule has 2 N–H and O–H groups in total. The molecule has 136 valence electrons. The zero-order valence-corrected chi connectivity index (χ0v) is 16.0. The largest absolute Gasteiger partial charge is 0.345 e. The maximum absolute atomic E-state index is 4.83. The number of anilines is 3. The third kappa shape index (κ3) is 3.43. The SMILES string of the molecule is CC1=CC=CCC1(C)Nc1nc(Nc2ccccc2C)c2ccccc2n1. The van der Waals surface area contributed by atoms with E-state index in [0.29, 0.717) is 5.95 Å². The van der Waals surface area contributed by atoms with Crippen LogP contribution in [-0.4, -0.2) is 15.5 Å². The van der Waals surface area contributed by atoms with Crippen LogP contribution >= 0.6 is 0 Å². The van der Waals surface area contributed by atoms with Crippen LogP contribution in [0.15, 0.2) is 72.3 Å². The van der Waals surface area contributed by atoms with Gasteiger partial charge in [-0.15, -0.1) is 0 Å². The minimum absolute atomic E-state index is 0.183. The molecule has 0 bridgehead atoms. The van der Waals surface area contributed by atoms with Crippen molar-refractivity contribution in [3.05, 3.63) is 77.9 Å². The van der Waals surface area contributed by atoms with E-state index in [2.05, 4.69) is 67.8 Å². The van der Waals surface area contributed by atoms with Crippen LogP contribution in [0.4, 0.5) is 17.5 Å². The molecule has 1 aromatic heterocycles. The van der Waals surface area contributed by atoms with Crippen molar-refractivity contribution in [1.29, 1.82) is 0 Å². The fourth-order valence-electron chi connectivity index (χ4n) is 3.33. The topological polar surface area (TPSA) is 49.8 Å². The van der Waals surface area contributed by atoms with Crippen LogP contribution in [0.5, 0.6) is 0 Å². The lowest BCUT2D eigenvalue weighted by Crippen LogP contribution is -2.37. The number of hydrogen-bond donors (Lipinski definition) is 2. The van der Waals surface area contributed by atoms with Gasteiger partial charge in [0.25, 0.3) is 0 Å². The molecule has 4 rings (SSSR count). The predicted molar refractivity (Wildman–Crippen MR) is 114 cm³/mol. The van der Waals surface area contributed by atoms with E-state index in [1.807, 2.05) is 30.3 Å². The van der Waals surface area contributed by atoms with Gasteiger partial charge >= 0.3 is 0 Å². The summed E-state index contributed by atoms with van der Waals surface area (Å²) < 4.78 is 0. The standard InChI is InChI=1S/C23H24N4/c1-16-10-4-6-13-19(16)24-21-18-12-5-7-14-20(18)25-22(26-21)27-23(3)15-9-8-11-17(23)2/h4-14H,15H2,1-3H3,(H2,24,25,26,27). The van der Waals surface area contributed by atoms with E-state index in [4.69, 9.17) is 9.97 Å². The molecule has 0 amide bonds. The van der Waals surface area contributed by atoms with Gasteiger partial charge in [-0.3, -0.25) is 0 Å². The van der Waals surface area contributed by atoms with Crippen LogP contribution in [0.2, 0.25) is 0 Å². The lowest BCUT2D eigenvalue weighted by molar-refractivity contribution is 0.594. The van der Waals surface area contributed by atoms with Crippen LogP contribution in [-0.2, 0) is 0 Å². The number of aryl methyl sites for hydroxylation is 1. The number of allylic oxidation sites excluding steroid dienone is 2. The van der Waals surface area contributed by atoms with Gasteiger partial charge in [-0.1, -0.05) is 48.6 Å². The molecule has 27 heavy (non-hydrogen) atoms. The summed E-state index contributed by atoms with van der Waals surface area (Å²) in [7, 11) is 0. The Morgan fingerprint density at radius 3 is 2.56 bits per heavy atom. The molecule has 2 aromatic carbocycles. The lowest BCUT2D eigenvalue weighted by Gasteiger charge is -2.33. The van der Waals surface area contributed by atoms with Gasteiger partial charge in [0.1, 0.15) is 5.82 Å². The molecule has 0 saturated carbocycles. The summed E-state index contributed by atoms with van der Waals surface area (Å²) in [6.45, 7) is 6.42.